The van der Waals surface area contributed by atoms with Gasteiger partial charge in [-0.1, -0.05) is 30.3 Å². The van der Waals surface area contributed by atoms with Crippen LogP contribution in [0.2, 0.25) is 0 Å². The first kappa shape index (κ1) is 28.7. The van der Waals surface area contributed by atoms with E-state index in [9.17, 15) is 23.2 Å². The lowest BCUT2D eigenvalue weighted by Crippen LogP contribution is -2.36. The Kier molecular flexibility index (Phi) is 8.46. The van der Waals surface area contributed by atoms with Crippen LogP contribution in [-0.2, 0) is 29.0 Å². The second-order valence-electron chi connectivity index (χ2n) is 10.5. The van der Waals surface area contributed by atoms with Crippen LogP contribution in [0.4, 0.5) is 25.1 Å². The van der Waals surface area contributed by atoms with Gasteiger partial charge in [-0.25, -0.2) is 23.5 Å². The number of rotatable bonds is 8. The van der Waals surface area contributed by atoms with Gasteiger partial charge in [-0.2, -0.15) is 0 Å². The second-order valence-corrected chi connectivity index (χ2v) is 10.5. The Bertz CT molecular complexity index is 1470. The molecule has 1 atom stereocenters. The van der Waals surface area contributed by atoms with E-state index in [4.69, 9.17) is 4.74 Å². The molecule has 2 amide bonds. The van der Waals surface area contributed by atoms with Gasteiger partial charge in [0.05, 0.1) is 6.20 Å². The molecule has 0 aliphatic carbocycles. The van der Waals surface area contributed by atoms with Crippen molar-refractivity contribution in [2.75, 3.05) is 10.6 Å². The normalized spacial score (nSPS) is 14.5. The molecule has 1 aromatic carbocycles. The molecule has 3 aromatic rings. The molecule has 1 aliphatic heterocycles. The fourth-order valence-corrected chi connectivity index (χ4v) is 4.43. The third kappa shape index (κ3) is 6.80. The van der Waals surface area contributed by atoms with Gasteiger partial charge in [0.25, 0.3) is 12.0 Å². The van der Waals surface area contributed by atoms with Crippen molar-refractivity contribution in [3.8, 4) is 0 Å². The minimum absolute atomic E-state index is 0.0126. The summed E-state index contributed by atoms with van der Waals surface area (Å²) < 4.78 is 33.2. The van der Waals surface area contributed by atoms with E-state index in [-0.39, 0.29) is 30.2 Å². The molecule has 2 aromatic heterocycles. The van der Waals surface area contributed by atoms with Gasteiger partial charge in [-0.05, 0) is 51.3 Å². The molecule has 4 rings (SSSR count). The lowest BCUT2D eigenvalue weighted by atomic mass is 10.1. The summed E-state index contributed by atoms with van der Waals surface area (Å²) in [6.45, 7) is 7.22. The first-order chi connectivity index (χ1) is 18.9. The number of amides is 2. The highest BCUT2D eigenvalue weighted by molar-refractivity contribution is 5.83. The van der Waals surface area contributed by atoms with Crippen molar-refractivity contribution in [2.45, 2.75) is 71.7 Å². The van der Waals surface area contributed by atoms with E-state index < -0.39 is 29.7 Å². The average molecular weight is 555 g/mol. The summed E-state index contributed by atoms with van der Waals surface area (Å²) in [7, 11) is 0. The molecular formula is C28H32F2N6O4. The van der Waals surface area contributed by atoms with Gasteiger partial charge in [0, 0.05) is 30.8 Å². The zero-order valence-electron chi connectivity index (χ0n) is 22.8. The van der Waals surface area contributed by atoms with Crippen LogP contribution in [0, 0.1) is 6.92 Å². The third-order valence-electron chi connectivity index (χ3n) is 6.36. The van der Waals surface area contributed by atoms with Gasteiger partial charge in [0.2, 0.25) is 5.91 Å². The van der Waals surface area contributed by atoms with Crippen molar-refractivity contribution in [3.63, 3.8) is 0 Å². The average Bonchev–Trinajstić information content (AvgIpc) is 3.32. The molecule has 0 bridgehead atoms. The van der Waals surface area contributed by atoms with Gasteiger partial charge in [0.1, 0.15) is 29.0 Å². The van der Waals surface area contributed by atoms with Crippen molar-refractivity contribution in [1.82, 2.24) is 19.9 Å². The maximum absolute atomic E-state index is 13.3. The van der Waals surface area contributed by atoms with Crippen LogP contribution in [0.1, 0.15) is 67.9 Å². The van der Waals surface area contributed by atoms with Gasteiger partial charge in [-0.3, -0.25) is 19.5 Å². The molecule has 0 fully saturated rings. The van der Waals surface area contributed by atoms with E-state index in [1.54, 1.807) is 52.0 Å². The number of carbonyl (C=O) groups excluding carboxylic acids is 2. The molecule has 0 saturated carbocycles. The molecule has 3 heterocycles. The Hall–Kier alpha value is -4.35. The third-order valence-corrected chi connectivity index (χ3v) is 6.36. The first-order valence-corrected chi connectivity index (χ1v) is 12.9. The number of nitrogens with zero attached hydrogens (tertiary/aromatic N) is 3. The maximum Gasteiger partial charge on any atom is 0.413 e. The molecule has 0 spiro atoms. The molecule has 10 nitrogen and oxygen atoms in total. The summed E-state index contributed by atoms with van der Waals surface area (Å²) in [4.78, 5) is 47.0. The largest absolute Gasteiger partial charge is 0.444 e. The first-order valence-electron chi connectivity index (χ1n) is 12.9. The molecule has 212 valence electrons. The predicted molar refractivity (Wildman–Crippen MR) is 145 cm³/mol. The van der Waals surface area contributed by atoms with Crippen LogP contribution in [0.3, 0.4) is 0 Å². The van der Waals surface area contributed by atoms with Crippen LogP contribution >= 0.6 is 0 Å². The second kappa shape index (κ2) is 11.8. The van der Waals surface area contributed by atoms with Gasteiger partial charge < -0.3 is 15.4 Å². The number of hydrogen-bond donors (Lipinski definition) is 3. The van der Waals surface area contributed by atoms with Crippen LogP contribution in [0.5, 0.6) is 0 Å². The van der Waals surface area contributed by atoms with E-state index in [2.05, 4.69) is 25.9 Å². The van der Waals surface area contributed by atoms with Crippen LogP contribution in [0.25, 0.3) is 0 Å². The van der Waals surface area contributed by atoms with Crippen molar-refractivity contribution in [3.05, 3.63) is 81.2 Å². The van der Waals surface area contributed by atoms with E-state index >= 15 is 0 Å². The summed E-state index contributed by atoms with van der Waals surface area (Å²) in [5.74, 6) is 0.456. The monoisotopic (exact) mass is 554 g/mol. The lowest BCUT2D eigenvalue weighted by Gasteiger charge is -2.19. The maximum atomic E-state index is 13.3. The smallest absolute Gasteiger partial charge is 0.413 e. The fraction of sp³-hybridized carbons (Fsp3) is 0.393. The summed E-state index contributed by atoms with van der Waals surface area (Å²) in [5.41, 5.74) is 0.645. The Morgan fingerprint density at radius 3 is 2.58 bits per heavy atom. The van der Waals surface area contributed by atoms with E-state index in [0.717, 1.165) is 5.56 Å². The highest BCUT2D eigenvalue weighted by atomic mass is 19.3. The number of aromatic nitrogens is 3. The Morgan fingerprint density at radius 1 is 1.12 bits per heavy atom. The van der Waals surface area contributed by atoms with Crippen molar-refractivity contribution in [2.24, 2.45) is 0 Å². The number of fused-ring (bicyclic) bond motifs is 1. The fourth-order valence-electron chi connectivity index (χ4n) is 4.43. The number of ether oxygens (including phenoxy) is 1. The summed E-state index contributed by atoms with van der Waals surface area (Å²) >= 11 is 0. The number of halogens is 2. The van der Waals surface area contributed by atoms with Crippen molar-refractivity contribution in [1.29, 1.82) is 0 Å². The molecule has 0 radical (unpaired) electrons. The lowest BCUT2D eigenvalue weighted by molar-refractivity contribution is -0.124. The topological polar surface area (TPSA) is 127 Å². The number of alkyl halides is 2. The van der Waals surface area contributed by atoms with Crippen LogP contribution in [-0.4, -0.2) is 32.1 Å². The number of aryl methyl sites for hydroxylation is 2. The Morgan fingerprint density at radius 2 is 1.88 bits per heavy atom. The highest BCUT2D eigenvalue weighted by Gasteiger charge is 2.31. The van der Waals surface area contributed by atoms with Crippen LogP contribution < -0.4 is 21.5 Å². The van der Waals surface area contributed by atoms with Crippen molar-refractivity contribution < 1.29 is 23.1 Å². The molecule has 0 saturated heterocycles. The SMILES string of the molecule is Cc1nc(NC(=O)OC(C)(C)C)ccc1CNC(=O)[C@@H]1CCc2ncc(NCc3ccccc3C(F)F)c(=O)n21. The molecule has 40 heavy (non-hydrogen) atoms. The number of benzene rings is 1. The number of anilines is 2. The zero-order valence-corrected chi connectivity index (χ0v) is 22.8. The van der Waals surface area contributed by atoms with E-state index in [1.165, 1.54) is 22.9 Å². The number of hydrogen-bond acceptors (Lipinski definition) is 7. The highest BCUT2D eigenvalue weighted by Crippen LogP contribution is 2.25. The van der Waals surface area contributed by atoms with Gasteiger partial charge in [-0.15, -0.1) is 0 Å². The minimum atomic E-state index is -2.64. The van der Waals surface area contributed by atoms with Gasteiger partial charge in [0.15, 0.2) is 0 Å². The molecule has 0 unspecified atom stereocenters. The molecule has 3 N–H and O–H groups in total. The molecular weight excluding hydrogens is 522 g/mol. The number of nitrogens with one attached hydrogen (secondary N) is 3. The van der Waals surface area contributed by atoms with E-state index in [0.29, 0.717) is 35.7 Å². The number of carbonyl (C=O) groups is 2. The Labute approximate surface area is 230 Å². The van der Waals surface area contributed by atoms with E-state index in [1.807, 2.05) is 0 Å². The summed E-state index contributed by atoms with van der Waals surface area (Å²) in [6.07, 6.45) is -1.02. The minimum Gasteiger partial charge on any atom is -0.444 e. The zero-order chi connectivity index (χ0) is 29.0. The summed E-state index contributed by atoms with van der Waals surface area (Å²) in [6, 6.07) is 8.70. The number of pyridine rings is 1. The molecule has 1 aliphatic rings. The summed E-state index contributed by atoms with van der Waals surface area (Å²) in [5, 5.41) is 8.34. The van der Waals surface area contributed by atoms with Gasteiger partial charge >= 0.3 is 6.09 Å². The van der Waals surface area contributed by atoms with Crippen LogP contribution in [0.15, 0.2) is 47.4 Å². The quantitative estimate of drug-likeness (QED) is 0.370. The Balaban J connectivity index is 1.41. The molecule has 12 heteroatoms. The predicted octanol–water partition coefficient (Wildman–Crippen LogP) is 4.65. The standard InChI is InChI=1S/C28H32F2N6O4/c1-16-17(9-11-22(34-16)35-27(39)40-28(2,3)4)13-33-25(37)21-10-12-23-32-15-20(26(38)36(21)23)31-14-18-7-5-6-8-19(18)24(29)30/h5-9,11,15,21,24,31H,10,12-14H2,1-4H3,(H,33,37)(H,34,35,39)/t21-/m0/s1. The van der Waals surface area contributed by atoms with Crippen molar-refractivity contribution >= 4 is 23.5 Å².